The fourth-order valence-corrected chi connectivity index (χ4v) is 1.59. The highest BCUT2D eigenvalue weighted by Crippen LogP contribution is 2.29. The Morgan fingerprint density at radius 1 is 1.44 bits per heavy atom. The molecule has 2 aromatic rings. The van der Waals surface area contributed by atoms with Crippen LogP contribution in [0.15, 0.2) is 28.9 Å². The molecule has 0 atom stereocenters. The molecular weight excluding hydrogens is 324 g/mol. The third kappa shape index (κ3) is 2.88. The first-order chi connectivity index (χ1) is 8.60. The summed E-state index contributed by atoms with van der Waals surface area (Å²) in [6.45, 7) is 0. The van der Waals surface area contributed by atoms with E-state index in [1.54, 1.807) is 19.3 Å². The van der Waals surface area contributed by atoms with Crippen molar-refractivity contribution < 1.29 is 9.13 Å². The van der Waals surface area contributed by atoms with E-state index < -0.39 is 5.82 Å². The summed E-state index contributed by atoms with van der Waals surface area (Å²) in [5.74, 6) is 0.449. The van der Waals surface area contributed by atoms with E-state index in [1.165, 1.54) is 12.1 Å². The van der Waals surface area contributed by atoms with Gasteiger partial charge in [0, 0.05) is 13.1 Å². The topological polar surface area (TPSA) is 47.0 Å². The van der Waals surface area contributed by atoms with Gasteiger partial charge in [0.1, 0.15) is 11.6 Å². The van der Waals surface area contributed by atoms with Gasteiger partial charge in [-0.25, -0.2) is 9.37 Å². The molecule has 1 heterocycles. The highest BCUT2D eigenvalue weighted by molar-refractivity contribution is 9.10. The lowest BCUT2D eigenvalue weighted by Gasteiger charge is -2.08. The van der Waals surface area contributed by atoms with Gasteiger partial charge >= 0.3 is 0 Å². The van der Waals surface area contributed by atoms with Crippen molar-refractivity contribution in [2.75, 3.05) is 12.4 Å². The smallest absolute Gasteiger partial charge is 0.238 e. The molecule has 0 saturated heterocycles. The standard InChI is InChI=1S/C11H8BrClFN3O/c1-15-11-16-5-7(12)10(17-11)18-6-2-3-8(13)9(14)4-6/h2-5H,1H3,(H,15,16,17). The molecule has 0 aliphatic heterocycles. The second-order valence-corrected chi connectivity index (χ2v) is 4.54. The SMILES string of the molecule is CNc1ncc(Br)c(Oc2ccc(Cl)c(F)c2)n1. The molecule has 0 radical (unpaired) electrons. The molecule has 0 saturated carbocycles. The van der Waals surface area contributed by atoms with Crippen molar-refractivity contribution in [1.82, 2.24) is 9.97 Å². The predicted molar refractivity (Wildman–Crippen MR) is 70.8 cm³/mol. The molecule has 18 heavy (non-hydrogen) atoms. The summed E-state index contributed by atoms with van der Waals surface area (Å²) in [5, 5.41) is 2.82. The molecule has 0 aliphatic rings. The highest BCUT2D eigenvalue weighted by Gasteiger charge is 2.08. The number of hydrogen-bond acceptors (Lipinski definition) is 4. The third-order valence-corrected chi connectivity index (χ3v) is 2.89. The number of hydrogen-bond donors (Lipinski definition) is 1. The minimum Gasteiger partial charge on any atom is -0.438 e. The molecule has 0 bridgehead atoms. The van der Waals surface area contributed by atoms with Gasteiger partial charge in [0.2, 0.25) is 11.8 Å². The maximum atomic E-state index is 13.3. The van der Waals surface area contributed by atoms with Crippen LogP contribution >= 0.6 is 27.5 Å². The van der Waals surface area contributed by atoms with Gasteiger partial charge in [-0.1, -0.05) is 11.6 Å². The van der Waals surface area contributed by atoms with Gasteiger partial charge in [0.05, 0.1) is 15.7 Å². The summed E-state index contributed by atoms with van der Waals surface area (Å²) in [4.78, 5) is 8.08. The monoisotopic (exact) mass is 331 g/mol. The van der Waals surface area contributed by atoms with Crippen LogP contribution < -0.4 is 10.1 Å². The highest BCUT2D eigenvalue weighted by atomic mass is 79.9. The van der Waals surface area contributed by atoms with Gasteiger partial charge < -0.3 is 10.1 Å². The lowest BCUT2D eigenvalue weighted by atomic mass is 10.3. The van der Waals surface area contributed by atoms with Crippen molar-refractivity contribution in [3.8, 4) is 11.6 Å². The molecule has 0 aliphatic carbocycles. The van der Waals surface area contributed by atoms with E-state index >= 15 is 0 Å². The number of aromatic nitrogens is 2. The first-order valence-electron chi connectivity index (χ1n) is 4.93. The molecule has 1 aromatic carbocycles. The summed E-state index contributed by atoms with van der Waals surface area (Å²) in [5.41, 5.74) is 0. The number of benzene rings is 1. The molecule has 4 nitrogen and oxygen atoms in total. The number of rotatable bonds is 3. The van der Waals surface area contributed by atoms with Gasteiger partial charge in [-0.05, 0) is 28.1 Å². The van der Waals surface area contributed by atoms with E-state index in [2.05, 4.69) is 31.2 Å². The Hall–Kier alpha value is -1.40. The fraction of sp³-hybridized carbons (Fsp3) is 0.0909. The van der Waals surface area contributed by atoms with Crippen molar-refractivity contribution in [2.45, 2.75) is 0 Å². The van der Waals surface area contributed by atoms with E-state index in [4.69, 9.17) is 16.3 Å². The molecule has 0 spiro atoms. The molecule has 94 valence electrons. The van der Waals surface area contributed by atoms with Crippen LogP contribution in [0, 0.1) is 5.82 Å². The van der Waals surface area contributed by atoms with Crippen molar-refractivity contribution in [3.05, 3.63) is 39.7 Å². The summed E-state index contributed by atoms with van der Waals surface area (Å²) >= 11 is 8.84. The zero-order chi connectivity index (χ0) is 13.1. The van der Waals surface area contributed by atoms with Crippen molar-refractivity contribution >= 4 is 33.5 Å². The number of anilines is 1. The Labute approximate surface area is 116 Å². The van der Waals surface area contributed by atoms with Crippen LogP contribution in [0.4, 0.5) is 10.3 Å². The van der Waals surface area contributed by atoms with Crippen LogP contribution in [0.5, 0.6) is 11.6 Å². The van der Waals surface area contributed by atoms with E-state index in [-0.39, 0.29) is 10.9 Å². The Morgan fingerprint density at radius 2 is 2.22 bits per heavy atom. The average molecular weight is 333 g/mol. The summed E-state index contributed by atoms with van der Waals surface area (Å²) in [6, 6.07) is 4.16. The maximum Gasteiger partial charge on any atom is 0.238 e. The Morgan fingerprint density at radius 3 is 2.89 bits per heavy atom. The summed E-state index contributed by atoms with van der Waals surface area (Å²) in [7, 11) is 1.69. The van der Waals surface area contributed by atoms with Gasteiger partial charge in [-0.15, -0.1) is 0 Å². The third-order valence-electron chi connectivity index (χ3n) is 2.04. The van der Waals surface area contributed by atoms with Gasteiger partial charge in [0.15, 0.2) is 0 Å². The molecule has 2 rings (SSSR count). The van der Waals surface area contributed by atoms with E-state index in [0.717, 1.165) is 0 Å². The minimum atomic E-state index is -0.548. The summed E-state index contributed by atoms with van der Waals surface area (Å²) in [6.07, 6.45) is 1.54. The largest absolute Gasteiger partial charge is 0.438 e. The fourth-order valence-electron chi connectivity index (χ4n) is 1.20. The molecule has 0 amide bonds. The number of halogens is 3. The number of ether oxygens (including phenoxy) is 1. The molecule has 1 N–H and O–H groups in total. The van der Waals surface area contributed by atoms with Crippen LogP contribution in [0.25, 0.3) is 0 Å². The summed E-state index contributed by atoms with van der Waals surface area (Å²) < 4.78 is 19.3. The van der Waals surface area contributed by atoms with Crippen LogP contribution in [0.1, 0.15) is 0 Å². The average Bonchev–Trinajstić information content (AvgIpc) is 2.36. The van der Waals surface area contributed by atoms with Gasteiger partial charge in [-0.3, -0.25) is 0 Å². The van der Waals surface area contributed by atoms with Crippen LogP contribution in [-0.4, -0.2) is 17.0 Å². The van der Waals surface area contributed by atoms with Crippen LogP contribution in [0.2, 0.25) is 5.02 Å². The lowest BCUT2D eigenvalue weighted by molar-refractivity contribution is 0.454. The Kier molecular flexibility index (Phi) is 3.98. The normalized spacial score (nSPS) is 10.2. The van der Waals surface area contributed by atoms with E-state index in [9.17, 15) is 4.39 Å². The Balaban J connectivity index is 2.30. The predicted octanol–water partition coefficient (Wildman–Crippen LogP) is 3.87. The first-order valence-corrected chi connectivity index (χ1v) is 6.10. The van der Waals surface area contributed by atoms with Crippen LogP contribution in [0.3, 0.4) is 0 Å². The van der Waals surface area contributed by atoms with E-state index in [0.29, 0.717) is 16.2 Å². The molecule has 7 heteroatoms. The quantitative estimate of drug-likeness (QED) is 0.927. The molecular formula is C11H8BrClFN3O. The van der Waals surface area contributed by atoms with Crippen LogP contribution in [-0.2, 0) is 0 Å². The first kappa shape index (κ1) is 13.0. The molecule has 1 aromatic heterocycles. The molecule has 0 fully saturated rings. The van der Waals surface area contributed by atoms with Gasteiger partial charge in [-0.2, -0.15) is 4.98 Å². The lowest BCUT2D eigenvalue weighted by Crippen LogP contribution is -1.98. The Bertz CT molecular complexity index is 582. The zero-order valence-electron chi connectivity index (χ0n) is 9.25. The minimum absolute atomic E-state index is 0.0417. The zero-order valence-corrected chi connectivity index (χ0v) is 11.6. The van der Waals surface area contributed by atoms with Crippen molar-refractivity contribution in [2.24, 2.45) is 0 Å². The number of nitrogens with zero attached hydrogens (tertiary/aromatic N) is 2. The van der Waals surface area contributed by atoms with Crippen molar-refractivity contribution in [3.63, 3.8) is 0 Å². The van der Waals surface area contributed by atoms with Gasteiger partial charge in [0.25, 0.3) is 0 Å². The number of nitrogens with one attached hydrogen (secondary N) is 1. The second kappa shape index (κ2) is 5.49. The van der Waals surface area contributed by atoms with E-state index in [1.807, 2.05) is 0 Å². The van der Waals surface area contributed by atoms with Crippen molar-refractivity contribution in [1.29, 1.82) is 0 Å². The second-order valence-electron chi connectivity index (χ2n) is 3.27. The molecule has 0 unspecified atom stereocenters. The maximum absolute atomic E-state index is 13.3.